The van der Waals surface area contributed by atoms with Gasteiger partial charge >= 0.3 is 5.97 Å². The van der Waals surface area contributed by atoms with E-state index in [-0.39, 0.29) is 66.9 Å². The summed E-state index contributed by atoms with van der Waals surface area (Å²) in [7, 11) is 4.77. The molecule has 0 radical (unpaired) electrons. The minimum absolute atomic E-state index is 0.0131. The van der Waals surface area contributed by atoms with Crippen LogP contribution >= 0.6 is 0 Å². The minimum Gasteiger partial charge on any atom is -0.481 e. The number of ether oxygens (including phenoxy) is 2. The summed E-state index contributed by atoms with van der Waals surface area (Å²) in [5.41, 5.74) is 0.915. The Bertz CT molecular complexity index is 1360. The lowest BCUT2D eigenvalue weighted by Crippen LogP contribution is -2.57. The van der Waals surface area contributed by atoms with Gasteiger partial charge in [0.15, 0.2) is 0 Å². The van der Waals surface area contributed by atoms with Crippen LogP contribution < -0.4 is 16.0 Å². The average molecular weight is 759 g/mol. The Balaban J connectivity index is 1.69. The number of carbonyl (C=O) groups excluding carboxylic acids is 4. The molecule has 304 valence electrons. The van der Waals surface area contributed by atoms with E-state index in [0.717, 1.165) is 44.6 Å². The Morgan fingerprint density at radius 1 is 0.963 bits per heavy atom. The van der Waals surface area contributed by atoms with Crippen LogP contribution in [0.25, 0.3) is 0 Å². The van der Waals surface area contributed by atoms with E-state index in [9.17, 15) is 29.1 Å². The van der Waals surface area contributed by atoms with E-state index in [1.807, 2.05) is 58.0 Å². The fourth-order valence-corrected chi connectivity index (χ4v) is 8.18. The van der Waals surface area contributed by atoms with Crippen LogP contribution in [0.5, 0.6) is 0 Å². The zero-order valence-corrected chi connectivity index (χ0v) is 33.7. The second-order valence-corrected chi connectivity index (χ2v) is 15.3. The van der Waals surface area contributed by atoms with Crippen molar-refractivity contribution in [2.24, 2.45) is 17.8 Å². The first-order valence-electron chi connectivity index (χ1n) is 19.6. The number of aliphatic carboxylic acids is 1. The number of likely N-dealkylation sites (N-methyl/N-ethyl adjacent to an activating group) is 1. The van der Waals surface area contributed by atoms with E-state index < -0.39 is 36.2 Å². The van der Waals surface area contributed by atoms with Gasteiger partial charge in [0.25, 0.3) is 0 Å². The Hall–Kier alpha value is -3.59. The molecule has 14 nitrogen and oxygen atoms in total. The van der Waals surface area contributed by atoms with E-state index in [2.05, 4.69) is 20.9 Å². The lowest BCUT2D eigenvalue weighted by Gasteiger charge is -2.39. The number of nitrogens with one attached hydrogen (secondary N) is 3. The highest BCUT2D eigenvalue weighted by atomic mass is 16.5. The topological polar surface area (TPSA) is 170 Å². The molecule has 4 N–H and O–H groups in total. The van der Waals surface area contributed by atoms with Gasteiger partial charge in [-0.2, -0.15) is 0 Å². The SMILES string of the molecule is CCC(C)C(C(CC(=O)N1CCCC1C(OC)C(C)C(=O)NC(CC(=O)O)Cc1ccccc1)OC)N(C)C(=O)CNC(=O)C(C(C)C)N1CCNCC1. The lowest BCUT2D eigenvalue weighted by atomic mass is 9.90. The molecular formula is C40H66N6O8. The van der Waals surface area contributed by atoms with Gasteiger partial charge in [-0.25, -0.2) is 0 Å². The number of amides is 4. The van der Waals surface area contributed by atoms with Crippen LogP contribution in [0.15, 0.2) is 30.3 Å². The van der Waals surface area contributed by atoms with E-state index in [4.69, 9.17) is 9.47 Å². The maximum atomic E-state index is 14.1. The van der Waals surface area contributed by atoms with Gasteiger partial charge in [-0.15, -0.1) is 0 Å². The number of hydrogen-bond donors (Lipinski definition) is 4. The van der Waals surface area contributed by atoms with Crippen LogP contribution in [-0.2, 0) is 39.9 Å². The van der Waals surface area contributed by atoms with Gasteiger partial charge < -0.3 is 40.3 Å². The third kappa shape index (κ3) is 12.5. The largest absolute Gasteiger partial charge is 0.481 e. The molecule has 0 bridgehead atoms. The molecule has 1 aromatic carbocycles. The van der Waals surface area contributed by atoms with Crippen LogP contribution in [0.2, 0.25) is 0 Å². The molecule has 4 amide bonds. The van der Waals surface area contributed by atoms with Crippen molar-refractivity contribution in [2.75, 3.05) is 60.5 Å². The van der Waals surface area contributed by atoms with E-state index in [1.54, 1.807) is 30.9 Å². The highest BCUT2D eigenvalue weighted by Crippen LogP contribution is 2.29. The summed E-state index contributed by atoms with van der Waals surface area (Å²) in [6.45, 7) is 13.3. The summed E-state index contributed by atoms with van der Waals surface area (Å²) in [6.07, 6.45) is 1.00. The molecule has 0 aromatic heterocycles. The Labute approximate surface area is 322 Å². The average Bonchev–Trinajstić information content (AvgIpc) is 3.63. The van der Waals surface area contributed by atoms with Crippen LogP contribution in [-0.4, -0.2) is 146 Å². The van der Waals surface area contributed by atoms with Crippen molar-refractivity contribution in [3.05, 3.63) is 35.9 Å². The van der Waals surface area contributed by atoms with Crippen LogP contribution in [0.3, 0.4) is 0 Å². The van der Waals surface area contributed by atoms with Gasteiger partial charge in [0.1, 0.15) is 0 Å². The van der Waals surface area contributed by atoms with Gasteiger partial charge in [-0.3, -0.25) is 28.9 Å². The second kappa shape index (κ2) is 22.1. The third-order valence-electron chi connectivity index (χ3n) is 11.3. The zero-order chi connectivity index (χ0) is 39.9. The number of benzene rings is 1. The van der Waals surface area contributed by atoms with Crippen molar-refractivity contribution in [1.82, 2.24) is 30.7 Å². The molecule has 0 saturated carbocycles. The molecule has 0 spiro atoms. The molecule has 14 heteroatoms. The molecule has 2 aliphatic heterocycles. The number of hydrogen-bond acceptors (Lipinski definition) is 9. The maximum absolute atomic E-state index is 14.1. The highest BCUT2D eigenvalue weighted by molar-refractivity contribution is 5.88. The van der Waals surface area contributed by atoms with Crippen molar-refractivity contribution in [3.8, 4) is 0 Å². The van der Waals surface area contributed by atoms with Crippen LogP contribution in [0.4, 0.5) is 0 Å². The van der Waals surface area contributed by atoms with Gasteiger partial charge in [-0.05, 0) is 36.7 Å². The molecule has 54 heavy (non-hydrogen) atoms. The Kier molecular flexibility index (Phi) is 18.3. The predicted molar refractivity (Wildman–Crippen MR) is 207 cm³/mol. The molecule has 1 aromatic rings. The Morgan fingerprint density at radius 2 is 1.63 bits per heavy atom. The van der Waals surface area contributed by atoms with Crippen molar-refractivity contribution in [1.29, 1.82) is 0 Å². The van der Waals surface area contributed by atoms with Gasteiger partial charge in [0, 0.05) is 60.0 Å². The first-order valence-corrected chi connectivity index (χ1v) is 19.6. The quantitative estimate of drug-likeness (QED) is 0.146. The van der Waals surface area contributed by atoms with Crippen LogP contribution in [0.1, 0.15) is 72.3 Å². The first-order chi connectivity index (χ1) is 25.7. The highest BCUT2D eigenvalue weighted by Gasteiger charge is 2.42. The second-order valence-electron chi connectivity index (χ2n) is 15.3. The molecule has 2 saturated heterocycles. The molecule has 8 atom stereocenters. The van der Waals surface area contributed by atoms with Crippen LogP contribution in [0, 0.1) is 17.8 Å². The van der Waals surface area contributed by atoms with Crippen molar-refractivity contribution in [3.63, 3.8) is 0 Å². The third-order valence-corrected chi connectivity index (χ3v) is 11.3. The molecule has 2 aliphatic rings. The first kappa shape index (κ1) is 44.8. The molecular weight excluding hydrogens is 692 g/mol. The van der Waals surface area contributed by atoms with Crippen molar-refractivity contribution >= 4 is 29.6 Å². The minimum atomic E-state index is -1.01. The lowest BCUT2D eigenvalue weighted by molar-refractivity contribution is -0.146. The number of carbonyl (C=O) groups is 5. The van der Waals surface area contributed by atoms with E-state index in [1.165, 1.54) is 7.11 Å². The predicted octanol–water partition coefficient (Wildman–Crippen LogP) is 2.15. The molecule has 3 rings (SSSR count). The van der Waals surface area contributed by atoms with Gasteiger partial charge in [-0.1, -0.05) is 71.4 Å². The van der Waals surface area contributed by atoms with Crippen molar-refractivity contribution < 1.29 is 38.6 Å². The van der Waals surface area contributed by atoms with Gasteiger partial charge in [0.2, 0.25) is 23.6 Å². The monoisotopic (exact) mass is 758 g/mol. The smallest absolute Gasteiger partial charge is 0.305 e. The number of carboxylic acids is 1. The normalized spacial score (nSPS) is 20.3. The molecule has 8 unspecified atom stereocenters. The summed E-state index contributed by atoms with van der Waals surface area (Å²) in [5, 5.41) is 18.7. The Morgan fingerprint density at radius 3 is 2.20 bits per heavy atom. The number of rotatable bonds is 21. The summed E-state index contributed by atoms with van der Waals surface area (Å²) >= 11 is 0. The van der Waals surface area contributed by atoms with Gasteiger partial charge in [0.05, 0.1) is 55.6 Å². The number of piperazine rings is 1. The molecule has 2 heterocycles. The number of likely N-dealkylation sites (tertiary alicyclic amines) is 1. The fraction of sp³-hybridized carbons (Fsp3) is 0.725. The molecule has 0 aliphatic carbocycles. The zero-order valence-electron chi connectivity index (χ0n) is 33.7. The number of methoxy groups -OCH3 is 2. The number of nitrogens with zero attached hydrogens (tertiary/aromatic N) is 3. The standard InChI is InChI=1S/C40H66N6O8/c1-9-27(4)37(44(6)34(48)25-42-40(52)36(26(2)3)45-20-17-41-18-21-45)32(53-7)24-33(47)46-19-13-16-31(46)38(54-8)28(5)39(51)43-30(23-35(49)50)22-29-14-11-10-12-15-29/h10-12,14-15,26-28,30-32,36-38,41H,9,13,16-25H2,1-8H3,(H,42,52)(H,43,51)(H,49,50). The maximum Gasteiger partial charge on any atom is 0.305 e. The summed E-state index contributed by atoms with van der Waals surface area (Å²) in [4.78, 5) is 71.9. The van der Waals surface area contributed by atoms with E-state index >= 15 is 0 Å². The fourth-order valence-electron chi connectivity index (χ4n) is 8.18. The summed E-state index contributed by atoms with van der Waals surface area (Å²) in [6, 6.07) is 7.64. The number of carboxylic acid groups (broad SMARTS) is 1. The van der Waals surface area contributed by atoms with E-state index in [0.29, 0.717) is 19.4 Å². The molecule has 2 fully saturated rings. The van der Waals surface area contributed by atoms with Crippen molar-refractivity contribution in [2.45, 2.75) is 110 Å². The summed E-state index contributed by atoms with van der Waals surface area (Å²) in [5.74, 6) is -2.56. The summed E-state index contributed by atoms with van der Waals surface area (Å²) < 4.78 is 11.9.